The van der Waals surface area contributed by atoms with Gasteiger partial charge in [-0.25, -0.2) is 4.98 Å². The fraction of sp³-hybridized carbons (Fsp3) is 0.0455. The van der Waals surface area contributed by atoms with Crippen molar-refractivity contribution in [3.8, 4) is 11.6 Å². The number of hydrogen-bond donors (Lipinski definition) is 2. The van der Waals surface area contributed by atoms with Gasteiger partial charge < -0.3 is 15.4 Å². The van der Waals surface area contributed by atoms with Crippen molar-refractivity contribution in [3.63, 3.8) is 0 Å². The number of benzene rings is 3. The lowest BCUT2D eigenvalue weighted by Crippen LogP contribution is -2.11. The van der Waals surface area contributed by atoms with Crippen molar-refractivity contribution >= 4 is 28.3 Å². The number of anilines is 2. The molecule has 1 heterocycles. The molecule has 0 aliphatic heterocycles. The molecule has 1 amide bonds. The van der Waals surface area contributed by atoms with Crippen molar-refractivity contribution in [3.05, 3.63) is 84.6 Å². The van der Waals surface area contributed by atoms with Gasteiger partial charge in [-0.2, -0.15) is 4.98 Å². The van der Waals surface area contributed by atoms with Crippen LogP contribution in [0.3, 0.4) is 0 Å². The smallest absolute Gasteiger partial charge is 0.255 e. The molecule has 0 radical (unpaired) electrons. The summed E-state index contributed by atoms with van der Waals surface area (Å²) in [7, 11) is 1.75. The third-order valence-electron chi connectivity index (χ3n) is 4.21. The van der Waals surface area contributed by atoms with Crippen molar-refractivity contribution in [1.29, 1.82) is 0 Å². The van der Waals surface area contributed by atoms with Crippen LogP contribution >= 0.6 is 0 Å². The second-order valence-electron chi connectivity index (χ2n) is 6.08. The summed E-state index contributed by atoms with van der Waals surface area (Å²) in [5, 5.41) is 7.73. The molecule has 4 aromatic rings. The summed E-state index contributed by atoms with van der Waals surface area (Å²) < 4.78 is 5.84. The maximum atomic E-state index is 12.5. The van der Waals surface area contributed by atoms with E-state index >= 15 is 0 Å². The van der Waals surface area contributed by atoms with Crippen molar-refractivity contribution in [1.82, 2.24) is 9.97 Å². The first-order valence-electron chi connectivity index (χ1n) is 8.81. The minimum absolute atomic E-state index is 0.144. The van der Waals surface area contributed by atoms with Crippen molar-refractivity contribution < 1.29 is 9.53 Å². The van der Waals surface area contributed by atoms with Crippen LogP contribution in [0.25, 0.3) is 10.8 Å². The maximum Gasteiger partial charge on any atom is 0.255 e. The van der Waals surface area contributed by atoms with E-state index in [0.717, 1.165) is 16.5 Å². The van der Waals surface area contributed by atoms with Gasteiger partial charge >= 0.3 is 0 Å². The third kappa shape index (κ3) is 3.76. The lowest BCUT2D eigenvalue weighted by molar-refractivity contribution is 0.102. The number of ether oxygens (including phenoxy) is 1. The normalized spacial score (nSPS) is 10.5. The Kier molecular flexibility index (Phi) is 4.84. The van der Waals surface area contributed by atoms with E-state index in [4.69, 9.17) is 4.74 Å². The van der Waals surface area contributed by atoms with E-state index in [1.807, 2.05) is 54.6 Å². The standard InChI is InChI=1S/C22H18N4O2/c1-23-22-24-13-12-20(26-22)28-17-10-11-18-16(14-17)8-5-9-19(18)25-21(27)15-6-3-2-4-7-15/h2-14H,1H3,(H,25,27)(H,23,24,26). The van der Waals surface area contributed by atoms with E-state index in [9.17, 15) is 4.79 Å². The average molecular weight is 370 g/mol. The number of carbonyl (C=O) groups excluding carboxylic acids is 1. The molecule has 0 atom stereocenters. The molecule has 0 saturated carbocycles. The molecule has 138 valence electrons. The molecule has 4 rings (SSSR count). The van der Waals surface area contributed by atoms with Crippen LogP contribution in [0.5, 0.6) is 11.6 Å². The van der Waals surface area contributed by atoms with Gasteiger partial charge in [-0.05, 0) is 41.8 Å². The highest BCUT2D eigenvalue weighted by atomic mass is 16.5. The Morgan fingerprint density at radius 1 is 0.964 bits per heavy atom. The zero-order chi connectivity index (χ0) is 19.3. The van der Waals surface area contributed by atoms with Gasteiger partial charge in [0.2, 0.25) is 11.8 Å². The fourth-order valence-electron chi connectivity index (χ4n) is 2.86. The minimum Gasteiger partial charge on any atom is -0.439 e. The van der Waals surface area contributed by atoms with Gasteiger partial charge in [-0.15, -0.1) is 0 Å². The van der Waals surface area contributed by atoms with Gasteiger partial charge in [0.1, 0.15) is 5.75 Å². The highest BCUT2D eigenvalue weighted by Crippen LogP contribution is 2.29. The van der Waals surface area contributed by atoms with Crippen LogP contribution in [0.15, 0.2) is 79.0 Å². The molecule has 0 bridgehead atoms. The number of rotatable bonds is 5. The van der Waals surface area contributed by atoms with Crippen LogP contribution in [-0.4, -0.2) is 22.9 Å². The summed E-state index contributed by atoms with van der Waals surface area (Å²) in [6.07, 6.45) is 1.63. The van der Waals surface area contributed by atoms with Crippen molar-refractivity contribution in [2.45, 2.75) is 0 Å². The molecule has 0 aliphatic carbocycles. The second kappa shape index (κ2) is 7.75. The first-order valence-corrected chi connectivity index (χ1v) is 8.81. The summed E-state index contributed by atoms with van der Waals surface area (Å²) >= 11 is 0. The number of nitrogens with one attached hydrogen (secondary N) is 2. The van der Waals surface area contributed by atoms with Crippen LogP contribution in [-0.2, 0) is 0 Å². The van der Waals surface area contributed by atoms with Crippen LogP contribution < -0.4 is 15.4 Å². The SMILES string of the molecule is CNc1nccc(Oc2ccc3c(NC(=O)c4ccccc4)cccc3c2)n1. The van der Waals surface area contributed by atoms with Crippen molar-refractivity contribution in [2.75, 3.05) is 17.7 Å². The zero-order valence-corrected chi connectivity index (χ0v) is 15.2. The predicted octanol–water partition coefficient (Wildman–Crippen LogP) is 4.72. The summed E-state index contributed by atoms with van der Waals surface area (Å²) in [5.74, 6) is 1.45. The Hall–Kier alpha value is -3.93. The Labute approximate surface area is 162 Å². The molecule has 0 unspecified atom stereocenters. The molecule has 0 fully saturated rings. The maximum absolute atomic E-state index is 12.5. The van der Waals surface area contributed by atoms with Crippen LogP contribution in [0, 0.1) is 0 Å². The van der Waals surface area contributed by atoms with E-state index in [1.54, 1.807) is 31.4 Å². The molecule has 6 heteroatoms. The number of amides is 1. The summed E-state index contributed by atoms with van der Waals surface area (Å²) in [5.41, 5.74) is 1.36. The van der Waals surface area contributed by atoms with Gasteiger partial charge in [0.05, 0.1) is 0 Å². The lowest BCUT2D eigenvalue weighted by Gasteiger charge is -2.11. The van der Waals surface area contributed by atoms with Gasteiger partial charge in [-0.3, -0.25) is 4.79 Å². The quantitative estimate of drug-likeness (QED) is 0.532. The summed E-state index contributed by atoms with van der Waals surface area (Å²) in [4.78, 5) is 20.8. The monoisotopic (exact) mass is 370 g/mol. The van der Waals surface area contributed by atoms with Gasteiger partial charge in [0.25, 0.3) is 5.91 Å². The predicted molar refractivity (Wildman–Crippen MR) is 110 cm³/mol. The number of carbonyl (C=O) groups is 1. The Bertz CT molecular complexity index is 1130. The number of aromatic nitrogens is 2. The number of hydrogen-bond acceptors (Lipinski definition) is 5. The molecule has 1 aromatic heterocycles. The third-order valence-corrected chi connectivity index (χ3v) is 4.21. The average Bonchev–Trinajstić information content (AvgIpc) is 2.74. The minimum atomic E-state index is -0.144. The Morgan fingerprint density at radius 2 is 1.82 bits per heavy atom. The van der Waals surface area contributed by atoms with Crippen LogP contribution in [0.4, 0.5) is 11.6 Å². The first-order chi connectivity index (χ1) is 13.7. The first kappa shape index (κ1) is 17.5. The Balaban J connectivity index is 1.60. The summed E-state index contributed by atoms with van der Waals surface area (Å²) in [6, 6.07) is 22.3. The van der Waals surface area contributed by atoms with E-state index in [1.165, 1.54) is 0 Å². The molecule has 0 aliphatic rings. The van der Waals surface area contributed by atoms with Gasteiger partial charge in [0, 0.05) is 35.9 Å². The molecular weight excluding hydrogens is 352 g/mol. The lowest BCUT2D eigenvalue weighted by atomic mass is 10.1. The molecule has 3 aromatic carbocycles. The van der Waals surface area contributed by atoms with Crippen molar-refractivity contribution in [2.24, 2.45) is 0 Å². The molecule has 2 N–H and O–H groups in total. The van der Waals surface area contributed by atoms with Crippen LogP contribution in [0.1, 0.15) is 10.4 Å². The molecule has 28 heavy (non-hydrogen) atoms. The van der Waals surface area contributed by atoms with Crippen LogP contribution in [0.2, 0.25) is 0 Å². The highest BCUT2D eigenvalue weighted by molar-refractivity contribution is 6.09. The number of fused-ring (bicyclic) bond motifs is 1. The summed E-state index contributed by atoms with van der Waals surface area (Å²) in [6.45, 7) is 0. The van der Waals surface area contributed by atoms with E-state index < -0.39 is 0 Å². The topological polar surface area (TPSA) is 76.1 Å². The molecule has 0 spiro atoms. The molecular formula is C22H18N4O2. The largest absolute Gasteiger partial charge is 0.439 e. The van der Waals surface area contributed by atoms with E-state index in [-0.39, 0.29) is 5.91 Å². The van der Waals surface area contributed by atoms with E-state index in [2.05, 4.69) is 20.6 Å². The Morgan fingerprint density at radius 3 is 2.64 bits per heavy atom. The number of nitrogens with zero attached hydrogens (tertiary/aromatic N) is 2. The molecule has 0 saturated heterocycles. The van der Waals surface area contributed by atoms with Gasteiger partial charge in [-0.1, -0.05) is 30.3 Å². The fourth-order valence-corrected chi connectivity index (χ4v) is 2.86. The van der Waals surface area contributed by atoms with E-state index in [0.29, 0.717) is 23.1 Å². The molecule has 6 nitrogen and oxygen atoms in total. The highest BCUT2D eigenvalue weighted by Gasteiger charge is 2.09. The zero-order valence-electron chi connectivity index (χ0n) is 15.2. The second-order valence-corrected chi connectivity index (χ2v) is 6.08. The van der Waals surface area contributed by atoms with Gasteiger partial charge in [0.15, 0.2) is 0 Å².